The molecule has 1 atom stereocenters. The summed E-state index contributed by atoms with van der Waals surface area (Å²) in [5, 5.41) is 16.5. The average Bonchev–Trinajstić information content (AvgIpc) is 2.61. The van der Waals surface area contributed by atoms with Gasteiger partial charge in [-0.2, -0.15) is 0 Å². The van der Waals surface area contributed by atoms with Crippen LogP contribution in [-0.2, 0) is 11.3 Å². The molecule has 0 fully saturated rings. The number of aromatic nitrogens is 3. The Bertz CT molecular complexity index is 249. The molecule has 0 aliphatic heterocycles. The Morgan fingerprint density at radius 3 is 3.00 bits per heavy atom. The van der Waals surface area contributed by atoms with E-state index < -0.39 is 0 Å². The van der Waals surface area contributed by atoms with E-state index in [0.29, 0.717) is 12.4 Å². The van der Waals surface area contributed by atoms with Gasteiger partial charge in [0, 0.05) is 7.11 Å². The van der Waals surface area contributed by atoms with Crippen LogP contribution in [0.15, 0.2) is 6.33 Å². The molecule has 1 aromatic heterocycles. The zero-order valence-corrected chi connectivity index (χ0v) is 7.97. The molecular weight excluding hydrogens is 170 g/mol. The Kier molecular flexibility index (Phi) is 3.85. The predicted octanol–water partition coefficient (Wildman–Crippen LogP) is 0.368. The van der Waals surface area contributed by atoms with Crippen LogP contribution in [-0.4, -0.2) is 33.6 Å². The molecule has 0 aromatic carbocycles. The van der Waals surface area contributed by atoms with E-state index in [1.54, 1.807) is 13.4 Å². The first-order valence-corrected chi connectivity index (χ1v) is 4.31. The molecule has 0 saturated heterocycles. The standard InChI is InChI=1S/C8H15N3O2/c1-3-7(5-13-2)11-6-9-10-8(11)4-12/h6-7,12H,3-5H2,1-2H3. The van der Waals surface area contributed by atoms with E-state index in [-0.39, 0.29) is 12.6 Å². The molecule has 0 radical (unpaired) electrons. The molecule has 5 heteroatoms. The second-order valence-electron chi connectivity index (χ2n) is 2.83. The van der Waals surface area contributed by atoms with Gasteiger partial charge in [-0.05, 0) is 6.42 Å². The summed E-state index contributed by atoms with van der Waals surface area (Å²) >= 11 is 0. The summed E-state index contributed by atoms with van der Waals surface area (Å²) in [6.07, 6.45) is 2.55. The first-order valence-electron chi connectivity index (χ1n) is 4.31. The van der Waals surface area contributed by atoms with Gasteiger partial charge >= 0.3 is 0 Å². The fraction of sp³-hybridized carbons (Fsp3) is 0.750. The van der Waals surface area contributed by atoms with E-state index in [9.17, 15) is 0 Å². The van der Waals surface area contributed by atoms with Crippen molar-refractivity contribution >= 4 is 0 Å². The van der Waals surface area contributed by atoms with Gasteiger partial charge in [-0.1, -0.05) is 6.92 Å². The second kappa shape index (κ2) is 4.94. The zero-order valence-electron chi connectivity index (χ0n) is 7.97. The van der Waals surface area contributed by atoms with Gasteiger partial charge in [0.15, 0.2) is 5.82 Å². The van der Waals surface area contributed by atoms with Gasteiger partial charge in [0.05, 0.1) is 12.6 Å². The monoisotopic (exact) mass is 185 g/mol. The van der Waals surface area contributed by atoms with Crippen LogP contribution in [0, 0.1) is 0 Å². The second-order valence-corrected chi connectivity index (χ2v) is 2.83. The lowest BCUT2D eigenvalue weighted by Crippen LogP contribution is -2.15. The number of hydrogen-bond acceptors (Lipinski definition) is 4. The molecule has 1 unspecified atom stereocenters. The maximum absolute atomic E-state index is 8.96. The highest BCUT2D eigenvalue weighted by Gasteiger charge is 2.12. The summed E-state index contributed by atoms with van der Waals surface area (Å²) in [6, 6.07) is 0.210. The molecule has 5 nitrogen and oxygen atoms in total. The smallest absolute Gasteiger partial charge is 0.158 e. The third kappa shape index (κ3) is 2.26. The Morgan fingerprint density at radius 1 is 1.69 bits per heavy atom. The Labute approximate surface area is 77.4 Å². The Balaban J connectivity index is 2.77. The number of rotatable bonds is 5. The number of aliphatic hydroxyl groups is 1. The van der Waals surface area contributed by atoms with E-state index in [1.807, 2.05) is 4.57 Å². The summed E-state index contributed by atoms with van der Waals surface area (Å²) < 4.78 is 6.91. The van der Waals surface area contributed by atoms with E-state index in [4.69, 9.17) is 9.84 Å². The number of aliphatic hydroxyl groups excluding tert-OH is 1. The van der Waals surface area contributed by atoms with E-state index >= 15 is 0 Å². The SMILES string of the molecule is CCC(COC)n1cnnc1CO. The summed E-state index contributed by atoms with van der Waals surface area (Å²) in [5.41, 5.74) is 0. The van der Waals surface area contributed by atoms with Crippen molar-refractivity contribution in [3.05, 3.63) is 12.2 Å². The molecule has 0 aliphatic carbocycles. The molecule has 13 heavy (non-hydrogen) atoms. The molecule has 1 aromatic rings. The van der Waals surface area contributed by atoms with Crippen LogP contribution in [0.2, 0.25) is 0 Å². The molecule has 0 saturated carbocycles. The number of methoxy groups -OCH3 is 1. The van der Waals surface area contributed by atoms with Gasteiger partial charge in [0.2, 0.25) is 0 Å². The van der Waals surface area contributed by atoms with Crippen molar-refractivity contribution in [2.24, 2.45) is 0 Å². The average molecular weight is 185 g/mol. The maximum Gasteiger partial charge on any atom is 0.158 e. The zero-order chi connectivity index (χ0) is 9.68. The fourth-order valence-corrected chi connectivity index (χ4v) is 1.27. The van der Waals surface area contributed by atoms with Gasteiger partial charge in [0.1, 0.15) is 12.9 Å². The Hall–Kier alpha value is -0.940. The van der Waals surface area contributed by atoms with E-state index in [2.05, 4.69) is 17.1 Å². The molecule has 0 bridgehead atoms. The number of ether oxygens (including phenoxy) is 1. The minimum absolute atomic E-state index is 0.0831. The van der Waals surface area contributed by atoms with Crippen molar-refractivity contribution in [1.29, 1.82) is 0 Å². The van der Waals surface area contributed by atoms with Crippen LogP contribution >= 0.6 is 0 Å². The third-order valence-corrected chi connectivity index (χ3v) is 2.01. The van der Waals surface area contributed by atoms with Crippen molar-refractivity contribution in [3.8, 4) is 0 Å². The summed E-state index contributed by atoms with van der Waals surface area (Å²) in [5.74, 6) is 0.587. The highest BCUT2D eigenvalue weighted by atomic mass is 16.5. The van der Waals surface area contributed by atoms with Crippen LogP contribution in [0.25, 0.3) is 0 Å². The lowest BCUT2D eigenvalue weighted by Gasteiger charge is -2.16. The van der Waals surface area contributed by atoms with Gasteiger partial charge in [-0.15, -0.1) is 10.2 Å². The highest BCUT2D eigenvalue weighted by molar-refractivity contribution is 4.86. The molecule has 1 rings (SSSR count). The van der Waals surface area contributed by atoms with Crippen LogP contribution in [0.1, 0.15) is 25.2 Å². The third-order valence-electron chi connectivity index (χ3n) is 2.01. The van der Waals surface area contributed by atoms with Crippen molar-refractivity contribution in [1.82, 2.24) is 14.8 Å². The van der Waals surface area contributed by atoms with Crippen molar-refractivity contribution in [2.75, 3.05) is 13.7 Å². The lowest BCUT2D eigenvalue weighted by molar-refractivity contribution is 0.148. The molecule has 0 aliphatic rings. The van der Waals surface area contributed by atoms with Crippen LogP contribution in [0.5, 0.6) is 0 Å². The van der Waals surface area contributed by atoms with E-state index in [0.717, 1.165) is 6.42 Å². The quantitative estimate of drug-likeness (QED) is 0.720. The summed E-state index contributed by atoms with van der Waals surface area (Å²) in [7, 11) is 1.66. The molecular formula is C8H15N3O2. The maximum atomic E-state index is 8.96. The van der Waals surface area contributed by atoms with E-state index in [1.165, 1.54) is 0 Å². The van der Waals surface area contributed by atoms with Gasteiger partial charge in [0.25, 0.3) is 0 Å². The fourth-order valence-electron chi connectivity index (χ4n) is 1.27. The largest absolute Gasteiger partial charge is 0.388 e. The topological polar surface area (TPSA) is 60.2 Å². The van der Waals surface area contributed by atoms with Gasteiger partial charge in [-0.25, -0.2) is 0 Å². The Morgan fingerprint density at radius 2 is 2.46 bits per heavy atom. The summed E-state index contributed by atoms with van der Waals surface area (Å²) in [6.45, 7) is 2.59. The van der Waals surface area contributed by atoms with Gasteiger partial charge in [-0.3, -0.25) is 0 Å². The van der Waals surface area contributed by atoms with Crippen molar-refractivity contribution < 1.29 is 9.84 Å². The summed E-state index contributed by atoms with van der Waals surface area (Å²) in [4.78, 5) is 0. The molecule has 0 spiro atoms. The first kappa shape index (κ1) is 10.1. The molecule has 0 amide bonds. The molecule has 74 valence electrons. The number of nitrogens with zero attached hydrogens (tertiary/aromatic N) is 3. The van der Waals surface area contributed by atoms with Gasteiger partial charge < -0.3 is 14.4 Å². The minimum Gasteiger partial charge on any atom is -0.388 e. The lowest BCUT2D eigenvalue weighted by atomic mass is 10.2. The molecule has 1 N–H and O–H groups in total. The van der Waals surface area contributed by atoms with Crippen LogP contribution in [0.3, 0.4) is 0 Å². The molecule has 1 heterocycles. The minimum atomic E-state index is -0.0831. The van der Waals surface area contributed by atoms with Crippen LogP contribution in [0.4, 0.5) is 0 Å². The predicted molar refractivity (Wildman–Crippen MR) is 47.1 cm³/mol. The normalized spacial score (nSPS) is 13.2. The van der Waals surface area contributed by atoms with Crippen molar-refractivity contribution in [2.45, 2.75) is 26.0 Å². The first-order chi connectivity index (χ1) is 6.33. The highest BCUT2D eigenvalue weighted by Crippen LogP contribution is 2.12. The van der Waals surface area contributed by atoms with Crippen molar-refractivity contribution in [3.63, 3.8) is 0 Å². The number of hydrogen-bond donors (Lipinski definition) is 1. The van der Waals surface area contributed by atoms with Crippen LogP contribution < -0.4 is 0 Å².